The molecule has 0 bridgehead atoms. The highest BCUT2D eigenvalue weighted by molar-refractivity contribution is 6.30. The van der Waals surface area contributed by atoms with E-state index in [0.29, 0.717) is 10.8 Å². The van der Waals surface area contributed by atoms with Crippen LogP contribution in [0.3, 0.4) is 0 Å². The molecule has 1 amide bonds. The quantitative estimate of drug-likeness (QED) is 0.469. The highest BCUT2D eigenvalue weighted by Crippen LogP contribution is 2.42. The van der Waals surface area contributed by atoms with Crippen molar-refractivity contribution in [1.29, 1.82) is 0 Å². The molecule has 3 aromatic carbocycles. The molecule has 1 aliphatic rings. The third-order valence-electron chi connectivity index (χ3n) is 5.98. The number of aliphatic carboxylic acids is 1. The molecule has 0 atom stereocenters. The van der Waals surface area contributed by atoms with Crippen molar-refractivity contribution in [1.82, 2.24) is 0 Å². The fourth-order valence-electron chi connectivity index (χ4n) is 4.28. The van der Waals surface area contributed by atoms with Gasteiger partial charge in [0.2, 0.25) is 5.91 Å². The number of anilines is 1. The zero-order valence-electron chi connectivity index (χ0n) is 17.5. The number of hydrogen-bond donors (Lipinski definition) is 2. The normalized spacial score (nSPS) is 14.7. The second kappa shape index (κ2) is 9.45. The first-order valence-corrected chi connectivity index (χ1v) is 11.0. The largest absolute Gasteiger partial charge is 0.482 e. The van der Waals surface area contributed by atoms with Crippen molar-refractivity contribution in [2.75, 3.05) is 11.9 Å². The summed E-state index contributed by atoms with van der Waals surface area (Å²) in [5.41, 5.74) is 3.20. The van der Waals surface area contributed by atoms with Crippen LogP contribution in [0.1, 0.15) is 31.2 Å². The summed E-state index contributed by atoms with van der Waals surface area (Å²) in [5.74, 6) is -0.490. The Kier molecular flexibility index (Phi) is 6.47. The lowest BCUT2D eigenvalue weighted by Crippen LogP contribution is -2.37. The van der Waals surface area contributed by atoms with Crippen LogP contribution in [-0.4, -0.2) is 23.6 Å². The summed E-state index contributed by atoms with van der Waals surface area (Å²) in [4.78, 5) is 23.9. The van der Waals surface area contributed by atoms with Crippen LogP contribution in [0, 0.1) is 0 Å². The Labute approximate surface area is 192 Å². The maximum Gasteiger partial charge on any atom is 0.341 e. The number of carbonyl (C=O) groups is 2. The predicted molar refractivity (Wildman–Crippen MR) is 125 cm³/mol. The van der Waals surface area contributed by atoms with Crippen LogP contribution in [0.25, 0.3) is 11.1 Å². The molecule has 1 fully saturated rings. The van der Waals surface area contributed by atoms with E-state index in [1.165, 1.54) is 0 Å². The molecule has 164 valence electrons. The highest BCUT2D eigenvalue weighted by Gasteiger charge is 2.42. The van der Waals surface area contributed by atoms with Crippen molar-refractivity contribution in [3.8, 4) is 16.9 Å². The number of benzene rings is 3. The van der Waals surface area contributed by atoms with Crippen molar-refractivity contribution in [2.24, 2.45) is 0 Å². The van der Waals surface area contributed by atoms with Gasteiger partial charge in [-0.05, 0) is 65.9 Å². The first-order valence-electron chi connectivity index (χ1n) is 10.6. The molecule has 1 aliphatic carbocycles. The minimum atomic E-state index is -1.01. The van der Waals surface area contributed by atoms with Crippen LogP contribution in [-0.2, 0) is 15.0 Å². The smallest absolute Gasteiger partial charge is 0.341 e. The SMILES string of the molecule is O=C(O)COc1ccc(-c2ccc(NC(=O)C3(c4ccc(Cl)cc4)CCCC3)cc2)cc1. The number of amides is 1. The van der Waals surface area contributed by atoms with Gasteiger partial charge in [0.25, 0.3) is 0 Å². The van der Waals surface area contributed by atoms with Crippen LogP contribution in [0.2, 0.25) is 5.02 Å². The average molecular weight is 450 g/mol. The topological polar surface area (TPSA) is 75.6 Å². The minimum absolute atomic E-state index is 0.0185. The van der Waals surface area contributed by atoms with Gasteiger partial charge >= 0.3 is 5.97 Å². The fraction of sp³-hybridized carbons (Fsp3) is 0.231. The molecule has 0 aliphatic heterocycles. The van der Waals surface area contributed by atoms with E-state index in [1.54, 1.807) is 12.1 Å². The first kappa shape index (κ1) is 21.9. The molecule has 0 unspecified atom stereocenters. The van der Waals surface area contributed by atoms with Gasteiger partial charge in [0.05, 0.1) is 5.41 Å². The lowest BCUT2D eigenvalue weighted by Gasteiger charge is -2.28. The molecular formula is C26H24ClNO4. The molecule has 0 radical (unpaired) electrons. The molecule has 1 saturated carbocycles. The van der Waals surface area contributed by atoms with Gasteiger partial charge in [-0.25, -0.2) is 4.79 Å². The minimum Gasteiger partial charge on any atom is -0.482 e. The van der Waals surface area contributed by atoms with Crippen LogP contribution >= 0.6 is 11.6 Å². The number of carbonyl (C=O) groups excluding carboxylic acids is 1. The molecule has 0 heterocycles. The van der Waals surface area contributed by atoms with Gasteiger partial charge in [0, 0.05) is 10.7 Å². The summed E-state index contributed by atoms with van der Waals surface area (Å²) in [6.07, 6.45) is 3.71. The fourth-order valence-corrected chi connectivity index (χ4v) is 4.41. The van der Waals surface area contributed by atoms with Gasteiger partial charge < -0.3 is 15.2 Å². The van der Waals surface area contributed by atoms with Gasteiger partial charge in [-0.1, -0.05) is 60.8 Å². The lowest BCUT2D eigenvalue weighted by molar-refractivity contribution is -0.139. The summed E-state index contributed by atoms with van der Waals surface area (Å²) in [5, 5.41) is 12.5. The molecule has 32 heavy (non-hydrogen) atoms. The molecular weight excluding hydrogens is 426 g/mol. The van der Waals surface area contributed by atoms with Crippen molar-refractivity contribution < 1.29 is 19.4 Å². The second-order valence-corrected chi connectivity index (χ2v) is 8.47. The number of carboxylic acids is 1. The van der Waals surface area contributed by atoms with Gasteiger partial charge in [-0.2, -0.15) is 0 Å². The molecule has 5 nitrogen and oxygen atoms in total. The number of ether oxygens (including phenoxy) is 1. The van der Waals surface area contributed by atoms with E-state index in [-0.39, 0.29) is 12.5 Å². The summed E-state index contributed by atoms with van der Waals surface area (Å²) >= 11 is 6.04. The van der Waals surface area contributed by atoms with Crippen molar-refractivity contribution in [3.63, 3.8) is 0 Å². The Morgan fingerprint density at radius 2 is 1.44 bits per heavy atom. The van der Waals surface area contributed by atoms with E-state index in [0.717, 1.165) is 48.1 Å². The standard InChI is InChI=1S/C26H24ClNO4/c27-21-9-7-20(8-10-21)26(15-1-2-16-26)25(31)28-22-11-3-18(4-12-22)19-5-13-23(14-6-19)32-17-24(29)30/h3-14H,1-2,15-17H2,(H,28,31)(H,29,30). The van der Waals surface area contributed by atoms with E-state index in [2.05, 4.69) is 5.32 Å². The van der Waals surface area contributed by atoms with Crippen LogP contribution in [0.5, 0.6) is 5.75 Å². The Morgan fingerprint density at radius 1 is 0.875 bits per heavy atom. The van der Waals surface area contributed by atoms with Gasteiger partial charge in [-0.15, -0.1) is 0 Å². The monoisotopic (exact) mass is 449 g/mol. The third-order valence-corrected chi connectivity index (χ3v) is 6.23. The second-order valence-electron chi connectivity index (χ2n) is 8.03. The van der Waals surface area contributed by atoms with Crippen LogP contribution in [0.4, 0.5) is 5.69 Å². The van der Waals surface area contributed by atoms with E-state index in [4.69, 9.17) is 21.4 Å². The van der Waals surface area contributed by atoms with Crippen LogP contribution < -0.4 is 10.1 Å². The maximum absolute atomic E-state index is 13.3. The van der Waals surface area contributed by atoms with Crippen molar-refractivity contribution in [3.05, 3.63) is 83.4 Å². The van der Waals surface area contributed by atoms with Crippen molar-refractivity contribution >= 4 is 29.2 Å². The number of hydrogen-bond acceptors (Lipinski definition) is 3. The molecule has 6 heteroatoms. The summed E-state index contributed by atoms with van der Waals surface area (Å²) in [6.45, 7) is -0.370. The first-order chi connectivity index (χ1) is 15.5. The number of nitrogens with one attached hydrogen (secondary N) is 1. The van der Waals surface area contributed by atoms with Crippen LogP contribution in [0.15, 0.2) is 72.8 Å². The zero-order valence-corrected chi connectivity index (χ0v) is 18.3. The van der Waals surface area contributed by atoms with E-state index in [1.807, 2.05) is 60.7 Å². The van der Waals surface area contributed by atoms with E-state index in [9.17, 15) is 9.59 Å². The van der Waals surface area contributed by atoms with Gasteiger partial charge in [-0.3, -0.25) is 4.79 Å². The van der Waals surface area contributed by atoms with E-state index >= 15 is 0 Å². The van der Waals surface area contributed by atoms with Crippen molar-refractivity contribution in [2.45, 2.75) is 31.1 Å². The number of carboxylic acid groups (broad SMARTS) is 1. The summed E-state index contributed by atoms with van der Waals surface area (Å²) < 4.78 is 5.17. The molecule has 0 spiro atoms. The predicted octanol–water partition coefficient (Wildman–Crippen LogP) is 5.92. The number of rotatable bonds is 7. The summed E-state index contributed by atoms with van der Waals surface area (Å²) in [7, 11) is 0. The Morgan fingerprint density at radius 3 is 2.00 bits per heavy atom. The number of halogens is 1. The lowest BCUT2D eigenvalue weighted by atomic mass is 9.78. The zero-order chi connectivity index (χ0) is 22.6. The maximum atomic E-state index is 13.3. The molecule has 0 saturated heterocycles. The molecule has 0 aromatic heterocycles. The molecule has 4 rings (SSSR count). The Hall–Kier alpha value is -3.31. The molecule has 3 aromatic rings. The average Bonchev–Trinajstić information content (AvgIpc) is 3.30. The Bertz CT molecular complexity index is 1090. The van der Waals surface area contributed by atoms with E-state index < -0.39 is 11.4 Å². The third kappa shape index (κ3) is 4.78. The van der Waals surface area contributed by atoms with Gasteiger partial charge in [0.15, 0.2) is 6.61 Å². The molecule has 2 N–H and O–H groups in total. The summed E-state index contributed by atoms with van der Waals surface area (Å²) in [6, 6.07) is 22.5. The Balaban J connectivity index is 1.46. The highest BCUT2D eigenvalue weighted by atomic mass is 35.5. The van der Waals surface area contributed by atoms with Gasteiger partial charge in [0.1, 0.15) is 5.75 Å².